The molecule has 0 bridgehead atoms. The van der Waals surface area contributed by atoms with Gasteiger partial charge in [0.2, 0.25) is 11.8 Å². The van der Waals surface area contributed by atoms with Gasteiger partial charge in [-0.3, -0.25) is 19.3 Å². The predicted molar refractivity (Wildman–Crippen MR) is 124 cm³/mol. The molecule has 2 heterocycles. The van der Waals surface area contributed by atoms with Crippen LogP contribution in [0.4, 0.5) is 20.2 Å². The highest BCUT2D eigenvalue weighted by Crippen LogP contribution is 2.31. The summed E-state index contributed by atoms with van der Waals surface area (Å²) in [4.78, 5) is 42.2. The van der Waals surface area contributed by atoms with Gasteiger partial charge in [0, 0.05) is 24.4 Å². The molecule has 1 aliphatic carbocycles. The van der Waals surface area contributed by atoms with Gasteiger partial charge < -0.3 is 10.6 Å². The number of anilines is 3. The average molecular weight is 471 g/mol. The zero-order valence-electron chi connectivity index (χ0n) is 17.0. The lowest BCUT2D eigenvalue weighted by molar-refractivity contribution is -0.116. The summed E-state index contributed by atoms with van der Waals surface area (Å²) < 4.78 is 14.2. The molecular weight excluding hydrogens is 451 g/mol. The van der Waals surface area contributed by atoms with E-state index in [2.05, 4.69) is 15.6 Å². The average Bonchev–Trinajstić information content (AvgIpc) is 3.24. The van der Waals surface area contributed by atoms with Crippen LogP contribution in [0.3, 0.4) is 0 Å². The van der Waals surface area contributed by atoms with E-state index in [0.717, 1.165) is 24.2 Å². The Balaban J connectivity index is 1.44. The molecule has 1 aliphatic rings. The number of aromatic nitrogens is 1. The van der Waals surface area contributed by atoms with Crippen molar-refractivity contribution in [3.63, 3.8) is 0 Å². The van der Waals surface area contributed by atoms with Gasteiger partial charge in [-0.1, -0.05) is 12.1 Å². The van der Waals surface area contributed by atoms with Crippen LogP contribution in [0.5, 0.6) is 0 Å². The van der Waals surface area contributed by atoms with Crippen LogP contribution in [0.25, 0.3) is 6.08 Å². The maximum atomic E-state index is 14.2. The Morgan fingerprint density at radius 2 is 1.97 bits per heavy atom. The lowest BCUT2D eigenvalue weighted by Crippen LogP contribution is -2.26. The summed E-state index contributed by atoms with van der Waals surface area (Å²) in [6.45, 7) is 1.33. The molecule has 0 spiro atoms. The number of hydrogen-bond acceptors (Lipinski definition) is 6. The maximum absolute atomic E-state index is 14.2. The second kappa shape index (κ2) is 9.41. The fourth-order valence-corrected chi connectivity index (χ4v) is 4.52. The number of rotatable bonds is 7. The second-order valence-electron chi connectivity index (χ2n) is 7.09. The summed E-state index contributed by atoms with van der Waals surface area (Å²) in [5.41, 5.74) is 0.986. The summed E-state index contributed by atoms with van der Waals surface area (Å²) in [6.07, 6.45) is 4.75. The van der Waals surface area contributed by atoms with Crippen LogP contribution in [-0.2, 0) is 9.59 Å². The molecule has 0 radical (unpaired) electrons. The minimum absolute atomic E-state index is 0.109. The van der Waals surface area contributed by atoms with E-state index in [0.29, 0.717) is 21.4 Å². The predicted octanol–water partition coefficient (Wildman–Crippen LogP) is 4.57. The molecule has 0 unspecified atom stereocenters. The van der Waals surface area contributed by atoms with Crippen molar-refractivity contribution in [2.45, 2.75) is 25.8 Å². The molecular formula is C22H19FN4O3S2. The minimum Gasteiger partial charge on any atom is -0.349 e. The Morgan fingerprint density at radius 3 is 2.69 bits per heavy atom. The Hall–Kier alpha value is -3.37. The molecule has 32 heavy (non-hydrogen) atoms. The summed E-state index contributed by atoms with van der Waals surface area (Å²) in [5, 5.41) is 9.78. The Kier molecular flexibility index (Phi) is 6.42. The lowest BCUT2D eigenvalue weighted by Gasteiger charge is -2.18. The molecule has 2 aromatic heterocycles. The summed E-state index contributed by atoms with van der Waals surface area (Å²) in [5.74, 6) is -1.53. The zero-order valence-corrected chi connectivity index (χ0v) is 18.6. The van der Waals surface area contributed by atoms with Crippen LogP contribution in [0, 0.1) is 5.82 Å². The van der Waals surface area contributed by atoms with Crippen LogP contribution in [0.2, 0.25) is 0 Å². The van der Waals surface area contributed by atoms with E-state index in [1.165, 1.54) is 47.4 Å². The van der Waals surface area contributed by atoms with Crippen molar-refractivity contribution in [2.75, 3.05) is 10.2 Å². The summed E-state index contributed by atoms with van der Waals surface area (Å²) in [6, 6.07) is 7.85. The van der Waals surface area contributed by atoms with E-state index in [1.807, 2.05) is 0 Å². The Bertz CT molecular complexity index is 1200. The van der Waals surface area contributed by atoms with Gasteiger partial charge in [0.15, 0.2) is 5.13 Å². The quantitative estimate of drug-likeness (QED) is 0.495. The highest BCUT2D eigenvalue weighted by Gasteiger charge is 2.25. The zero-order chi connectivity index (χ0) is 22.7. The smallest absolute Gasteiger partial charge is 0.254 e. The first-order valence-corrected chi connectivity index (χ1v) is 11.6. The molecule has 0 saturated heterocycles. The van der Waals surface area contributed by atoms with Gasteiger partial charge in [0.05, 0.1) is 16.9 Å². The number of hydrogen-bond donors (Lipinski definition) is 2. The molecule has 3 aromatic rings. The largest absolute Gasteiger partial charge is 0.349 e. The van der Waals surface area contributed by atoms with Crippen molar-refractivity contribution in [1.29, 1.82) is 0 Å². The molecule has 1 aromatic carbocycles. The van der Waals surface area contributed by atoms with Crippen molar-refractivity contribution >= 4 is 62.3 Å². The van der Waals surface area contributed by atoms with E-state index >= 15 is 0 Å². The molecule has 1 saturated carbocycles. The van der Waals surface area contributed by atoms with Crippen molar-refractivity contribution in [2.24, 2.45) is 0 Å². The van der Waals surface area contributed by atoms with Crippen molar-refractivity contribution < 1.29 is 18.8 Å². The standard InChI is InChI=1S/C22H19FN4O3S2/c1-13(28)27(18-5-3-2-4-17(18)23)22-25-15(12-32-22)8-9-19(29)26-21-16(10-11-31-21)20(30)24-14-6-7-14/h2-5,8-12,14H,6-7H2,1H3,(H,24,30)(H,26,29)/b9-8+. The van der Waals surface area contributed by atoms with E-state index in [9.17, 15) is 18.8 Å². The SMILES string of the molecule is CC(=O)N(c1nc(/C=C/C(=O)Nc2sccc2C(=O)NC2CC2)cs1)c1ccccc1F. The number of halogens is 1. The lowest BCUT2D eigenvalue weighted by atomic mass is 10.3. The highest BCUT2D eigenvalue weighted by molar-refractivity contribution is 7.15. The molecule has 1 fully saturated rings. The molecule has 164 valence electrons. The molecule has 2 N–H and O–H groups in total. The van der Waals surface area contributed by atoms with Crippen LogP contribution in [-0.4, -0.2) is 28.7 Å². The van der Waals surface area contributed by atoms with Gasteiger partial charge in [-0.25, -0.2) is 9.37 Å². The Labute approximate surface area is 191 Å². The number of benzene rings is 1. The molecule has 10 heteroatoms. The van der Waals surface area contributed by atoms with Crippen LogP contribution in [0.15, 0.2) is 47.2 Å². The highest BCUT2D eigenvalue weighted by atomic mass is 32.1. The number of para-hydroxylation sites is 1. The first-order chi connectivity index (χ1) is 15.4. The second-order valence-corrected chi connectivity index (χ2v) is 8.85. The van der Waals surface area contributed by atoms with Crippen molar-refractivity contribution in [1.82, 2.24) is 10.3 Å². The van der Waals surface area contributed by atoms with Gasteiger partial charge in [-0.05, 0) is 42.5 Å². The van der Waals surface area contributed by atoms with Gasteiger partial charge in [-0.15, -0.1) is 22.7 Å². The van der Waals surface area contributed by atoms with Crippen molar-refractivity contribution in [3.8, 4) is 0 Å². The third-order valence-electron chi connectivity index (χ3n) is 4.57. The first-order valence-electron chi connectivity index (χ1n) is 9.80. The molecule has 3 amide bonds. The normalized spacial score (nSPS) is 13.2. The number of amides is 3. The fourth-order valence-electron chi connectivity index (χ4n) is 2.89. The van der Waals surface area contributed by atoms with E-state index in [4.69, 9.17) is 0 Å². The topological polar surface area (TPSA) is 91.4 Å². The molecule has 7 nitrogen and oxygen atoms in total. The van der Waals surface area contributed by atoms with E-state index in [-0.39, 0.29) is 23.5 Å². The monoisotopic (exact) mass is 470 g/mol. The maximum Gasteiger partial charge on any atom is 0.254 e. The number of nitrogens with one attached hydrogen (secondary N) is 2. The minimum atomic E-state index is -0.535. The van der Waals surface area contributed by atoms with Gasteiger partial charge in [0.25, 0.3) is 5.91 Å². The van der Waals surface area contributed by atoms with Crippen LogP contribution >= 0.6 is 22.7 Å². The van der Waals surface area contributed by atoms with Crippen LogP contribution in [0.1, 0.15) is 35.8 Å². The molecule has 0 atom stereocenters. The van der Waals surface area contributed by atoms with Crippen LogP contribution < -0.4 is 15.5 Å². The van der Waals surface area contributed by atoms with E-state index in [1.54, 1.807) is 29.0 Å². The Morgan fingerprint density at radius 1 is 1.19 bits per heavy atom. The van der Waals surface area contributed by atoms with Gasteiger partial charge in [-0.2, -0.15) is 0 Å². The number of thiazole rings is 1. The van der Waals surface area contributed by atoms with Gasteiger partial charge in [0.1, 0.15) is 10.8 Å². The first kappa shape index (κ1) is 21.8. The van der Waals surface area contributed by atoms with E-state index < -0.39 is 11.7 Å². The van der Waals surface area contributed by atoms with Crippen molar-refractivity contribution in [3.05, 3.63) is 64.2 Å². The van der Waals surface area contributed by atoms with Gasteiger partial charge >= 0.3 is 0 Å². The summed E-state index contributed by atoms with van der Waals surface area (Å²) in [7, 11) is 0. The third-order valence-corrected chi connectivity index (χ3v) is 6.25. The number of carbonyl (C=O) groups is 3. The molecule has 4 rings (SSSR count). The number of thiophene rings is 1. The fraction of sp³-hybridized carbons (Fsp3) is 0.182. The number of nitrogens with zero attached hydrogens (tertiary/aromatic N) is 2. The summed E-state index contributed by atoms with van der Waals surface area (Å²) >= 11 is 2.42. The third kappa shape index (κ3) is 5.09. The molecule has 0 aliphatic heterocycles. The number of carbonyl (C=O) groups excluding carboxylic acids is 3.